The number of para-hydroxylation sites is 1. The van der Waals surface area contributed by atoms with Gasteiger partial charge in [0.1, 0.15) is 11.1 Å². The van der Waals surface area contributed by atoms with Crippen LogP contribution < -0.4 is 11.4 Å². The van der Waals surface area contributed by atoms with Gasteiger partial charge in [-0.1, -0.05) is 18.2 Å². The first-order chi connectivity index (χ1) is 11.6. The quantitative estimate of drug-likeness (QED) is 0.781. The minimum Gasteiger partial charge on any atom is -0.422 e. The van der Waals surface area contributed by atoms with Crippen molar-refractivity contribution in [3.05, 3.63) is 46.3 Å². The molecule has 0 radical (unpaired) electrons. The molecular formula is C18H21ClN2O4. The lowest BCUT2D eigenvalue weighted by Gasteiger charge is -2.38. The largest absolute Gasteiger partial charge is 0.422 e. The molecule has 2 fully saturated rings. The second-order valence-corrected chi connectivity index (χ2v) is 6.74. The summed E-state index contributed by atoms with van der Waals surface area (Å²) >= 11 is 0. The average Bonchev–Trinajstić information content (AvgIpc) is 2.95. The van der Waals surface area contributed by atoms with Crippen molar-refractivity contribution in [2.75, 3.05) is 19.7 Å². The van der Waals surface area contributed by atoms with Gasteiger partial charge in [-0.25, -0.2) is 4.79 Å². The van der Waals surface area contributed by atoms with E-state index in [0.29, 0.717) is 25.3 Å². The lowest BCUT2D eigenvalue weighted by atomic mass is 9.87. The van der Waals surface area contributed by atoms with Crippen LogP contribution in [-0.4, -0.2) is 42.1 Å². The predicted octanol–water partition coefficient (Wildman–Crippen LogP) is 1.94. The number of hydrogen-bond acceptors (Lipinski definition) is 5. The number of nitrogens with two attached hydrogens (primary N) is 1. The molecule has 1 aromatic heterocycles. The number of likely N-dealkylation sites (tertiary alicyclic amines) is 1. The monoisotopic (exact) mass is 364 g/mol. The number of nitrogens with zero attached hydrogens (tertiary/aromatic N) is 1. The van der Waals surface area contributed by atoms with Crippen LogP contribution in [0.25, 0.3) is 11.0 Å². The van der Waals surface area contributed by atoms with Crippen molar-refractivity contribution in [1.82, 2.24) is 4.90 Å². The first-order valence-corrected chi connectivity index (χ1v) is 8.28. The summed E-state index contributed by atoms with van der Waals surface area (Å²) in [6.45, 7) is 1.72. The number of carbonyl (C=O) groups is 1. The molecule has 6 nitrogen and oxygen atoms in total. The number of amides is 1. The highest BCUT2D eigenvalue weighted by Gasteiger charge is 2.42. The molecule has 1 aromatic carbocycles. The Bertz CT molecular complexity index is 842. The predicted molar refractivity (Wildman–Crippen MR) is 96.1 cm³/mol. The van der Waals surface area contributed by atoms with Crippen molar-refractivity contribution >= 4 is 29.3 Å². The van der Waals surface area contributed by atoms with Gasteiger partial charge in [0.2, 0.25) is 0 Å². The highest BCUT2D eigenvalue weighted by molar-refractivity contribution is 5.96. The van der Waals surface area contributed by atoms with Gasteiger partial charge in [0.05, 0.1) is 12.2 Å². The molecule has 0 bridgehead atoms. The number of piperidine rings is 1. The molecule has 2 aliphatic heterocycles. The Morgan fingerprint density at radius 2 is 1.96 bits per heavy atom. The van der Waals surface area contributed by atoms with E-state index in [0.717, 1.165) is 24.6 Å². The first kappa shape index (κ1) is 17.9. The molecule has 1 atom stereocenters. The van der Waals surface area contributed by atoms with Crippen molar-refractivity contribution in [1.29, 1.82) is 0 Å². The molecule has 1 spiro atoms. The van der Waals surface area contributed by atoms with Crippen LogP contribution in [0.5, 0.6) is 0 Å². The topological polar surface area (TPSA) is 85.8 Å². The maximum Gasteiger partial charge on any atom is 0.349 e. The van der Waals surface area contributed by atoms with E-state index in [2.05, 4.69) is 0 Å². The summed E-state index contributed by atoms with van der Waals surface area (Å²) in [5.74, 6) is -0.272. The van der Waals surface area contributed by atoms with Crippen LogP contribution in [-0.2, 0) is 4.74 Å². The molecule has 25 heavy (non-hydrogen) atoms. The average molecular weight is 365 g/mol. The molecule has 0 aliphatic carbocycles. The number of benzene rings is 1. The fourth-order valence-electron chi connectivity index (χ4n) is 3.73. The molecule has 2 aliphatic rings. The van der Waals surface area contributed by atoms with Crippen LogP contribution in [0.4, 0.5) is 0 Å². The lowest BCUT2D eigenvalue weighted by Crippen LogP contribution is -2.47. The summed E-state index contributed by atoms with van der Waals surface area (Å²) in [7, 11) is 0. The smallest absolute Gasteiger partial charge is 0.349 e. The standard InChI is InChI=1S/C18H20N2O4.ClH/c19-13-10-18(23-11-13)5-7-20(8-6-18)16(21)14-9-12-3-1-2-4-15(12)24-17(14)22;/h1-4,9,13H,5-8,10-11,19H2;1H. The van der Waals surface area contributed by atoms with Crippen LogP contribution in [0, 0.1) is 0 Å². The van der Waals surface area contributed by atoms with Gasteiger partial charge in [-0.15, -0.1) is 12.4 Å². The second kappa shape index (κ2) is 6.78. The van der Waals surface area contributed by atoms with Gasteiger partial charge in [-0.05, 0) is 31.4 Å². The molecule has 2 saturated heterocycles. The Labute approximate surface area is 151 Å². The second-order valence-electron chi connectivity index (χ2n) is 6.74. The summed E-state index contributed by atoms with van der Waals surface area (Å²) < 4.78 is 11.1. The number of carbonyl (C=O) groups excluding carboxylic acids is 1. The minimum atomic E-state index is -0.585. The number of ether oxygens (including phenoxy) is 1. The third-order valence-corrected chi connectivity index (χ3v) is 5.07. The summed E-state index contributed by atoms with van der Waals surface area (Å²) in [5.41, 5.74) is 5.75. The third kappa shape index (κ3) is 3.29. The molecule has 2 aromatic rings. The van der Waals surface area contributed by atoms with E-state index in [4.69, 9.17) is 14.9 Å². The van der Waals surface area contributed by atoms with E-state index in [9.17, 15) is 9.59 Å². The van der Waals surface area contributed by atoms with Crippen molar-refractivity contribution in [3.63, 3.8) is 0 Å². The Hall–Kier alpha value is -1.89. The summed E-state index contributed by atoms with van der Waals surface area (Å²) in [6.07, 6.45) is 2.35. The van der Waals surface area contributed by atoms with Crippen LogP contribution in [0.3, 0.4) is 0 Å². The number of rotatable bonds is 1. The number of halogens is 1. The van der Waals surface area contributed by atoms with Crippen molar-refractivity contribution in [2.24, 2.45) is 5.73 Å². The van der Waals surface area contributed by atoms with Gasteiger partial charge in [0.15, 0.2) is 0 Å². The Morgan fingerprint density at radius 3 is 2.64 bits per heavy atom. The molecule has 134 valence electrons. The Morgan fingerprint density at radius 1 is 1.24 bits per heavy atom. The summed E-state index contributed by atoms with van der Waals surface area (Å²) in [4.78, 5) is 26.6. The third-order valence-electron chi connectivity index (χ3n) is 5.07. The maximum absolute atomic E-state index is 12.7. The number of fused-ring (bicyclic) bond motifs is 1. The van der Waals surface area contributed by atoms with Gasteiger partial charge < -0.3 is 19.8 Å². The zero-order chi connectivity index (χ0) is 16.7. The fraction of sp³-hybridized carbons (Fsp3) is 0.444. The van der Waals surface area contributed by atoms with E-state index in [-0.39, 0.29) is 35.5 Å². The maximum atomic E-state index is 12.7. The highest BCUT2D eigenvalue weighted by atomic mass is 35.5. The van der Waals surface area contributed by atoms with Crippen LogP contribution >= 0.6 is 12.4 Å². The first-order valence-electron chi connectivity index (χ1n) is 8.28. The van der Waals surface area contributed by atoms with Crippen LogP contribution in [0.1, 0.15) is 29.6 Å². The zero-order valence-electron chi connectivity index (χ0n) is 13.8. The van der Waals surface area contributed by atoms with E-state index in [1.54, 1.807) is 23.1 Å². The fourth-order valence-corrected chi connectivity index (χ4v) is 3.73. The molecule has 4 rings (SSSR count). The molecule has 1 amide bonds. The van der Waals surface area contributed by atoms with Gasteiger partial charge >= 0.3 is 5.63 Å². The Balaban J connectivity index is 0.00000182. The van der Waals surface area contributed by atoms with Gasteiger partial charge in [0.25, 0.3) is 5.91 Å². The highest BCUT2D eigenvalue weighted by Crippen LogP contribution is 2.35. The molecule has 3 heterocycles. The zero-order valence-corrected chi connectivity index (χ0v) is 14.6. The van der Waals surface area contributed by atoms with E-state index in [1.807, 2.05) is 12.1 Å². The van der Waals surface area contributed by atoms with Crippen molar-refractivity contribution in [2.45, 2.75) is 30.9 Å². The molecule has 1 unspecified atom stereocenters. The molecule has 0 saturated carbocycles. The van der Waals surface area contributed by atoms with Gasteiger partial charge in [-0.3, -0.25) is 4.79 Å². The van der Waals surface area contributed by atoms with Crippen molar-refractivity contribution < 1.29 is 13.9 Å². The minimum absolute atomic E-state index is 0. The van der Waals surface area contributed by atoms with E-state index >= 15 is 0 Å². The molecule has 7 heteroatoms. The van der Waals surface area contributed by atoms with Crippen LogP contribution in [0.15, 0.2) is 39.5 Å². The molecular weight excluding hydrogens is 344 g/mol. The van der Waals surface area contributed by atoms with Gasteiger partial charge in [-0.2, -0.15) is 0 Å². The van der Waals surface area contributed by atoms with Crippen molar-refractivity contribution in [3.8, 4) is 0 Å². The van der Waals surface area contributed by atoms with E-state index < -0.39 is 5.63 Å². The van der Waals surface area contributed by atoms with Crippen LogP contribution in [0.2, 0.25) is 0 Å². The van der Waals surface area contributed by atoms with Gasteiger partial charge in [0, 0.05) is 24.5 Å². The van der Waals surface area contributed by atoms with E-state index in [1.165, 1.54) is 0 Å². The summed E-state index contributed by atoms with van der Waals surface area (Å²) in [5, 5.41) is 0.749. The Kier molecular flexibility index (Phi) is 4.86. The SMILES string of the molecule is Cl.NC1COC2(CCN(C(=O)c3cc4ccccc4oc3=O)CC2)C1. The number of hydrogen-bond donors (Lipinski definition) is 1. The lowest BCUT2D eigenvalue weighted by molar-refractivity contribution is -0.0389. The normalized spacial score (nSPS) is 22.1. The molecule has 2 N–H and O–H groups in total. The summed E-state index contributed by atoms with van der Waals surface area (Å²) in [6, 6.07) is 8.89.